The van der Waals surface area contributed by atoms with Crippen molar-refractivity contribution in [2.24, 2.45) is 0 Å². The van der Waals surface area contributed by atoms with Gasteiger partial charge in [0.25, 0.3) is 5.91 Å². The Bertz CT molecular complexity index is 598. The Labute approximate surface area is 111 Å². The second kappa shape index (κ2) is 5.26. The zero-order valence-electron chi connectivity index (χ0n) is 11.5. The van der Waals surface area contributed by atoms with Crippen molar-refractivity contribution in [3.63, 3.8) is 0 Å². The first-order valence-electron chi connectivity index (χ1n) is 6.29. The first-order valence-corrected chi connectivity index (χ1v) is 6.29. The predicted molar refractivity (Wildman–Crippen MR) is 69.2 cm³/mol. The number of hydrogen-bond acceptors (Lipinski definition) is 5. The van der Waals surface area contributed by atoms with E-state index in [9.17, 15) is 4.79 Å². The Balaban J connectivity index is 2.20. The molecule has 6 nitrogen and oxygen atoms in total. The van der Waals surface area contributed by atoms with Crippen LogP contribution in [-0.4, -0.2) is 16.0 Å². The summed E-state index contributed by atoms with van der Waals surface area (Å²) in [7, 11) is 0. The van der Waals surface area contributed by atoms with E-state index in [0.717, 1.165) is 17.7 Å². The molecule has 0 radical (unpaired) electrons. The number of nitrogens with one attached hydrogen (secondary N) is 1. The van der Waals surface area contributed by atoms with Gasteiger partial charge in [0, 0.05) is 12.0 Å². The molecule has 19 heavy (non-hydrogen) atoms. The highest BCUT2D eigenvalue weighted by Crippen LogP contribution is 2.20. The number of oxazole rings is 1. The minimum Gasteiger partial charge on any atom is -0.435 e. The largest absolute Gasteiger partial charge is 0.435 e. The van der Waals surface area contributed by atoms with Gasteiger partial charge < -0.3 is 8.94 Å². The van der Waals surface area contributed by atoms with E-state index in [0.29, 0.717) is 23.9 Å². The fourth-order valence-electron chi connectivity index (χ4n) is 1.79. The maximum absolute atomic E-state index is 12.1. The number of anilines is 1. The van der Waals surface area contributed by atoms with Crippen molar-refractivity contribution in [1.82, 2.24) is 10.1 Å². The van der Waals surface area contributed by atoms with Gasteiger partial charge >= 0.3 is 0 Å². The van der Waals surface area contributed by atoms with E-state index >= 15 is 0 Å². The van der Waals surface area contributed by atoms with Crippen LogP contribution in [0.15, 0.2) is 8.94 Å². The second-order valence-electron chi connectivity index (χ2n) is 4.27. The van der Waals surface area contributed by atoms with E-state index in [2.05, 4.69) is 15.5 Å². The van der Waals surface area contributed by atoms with Crippen LogP contribution < -0.4 is 5.32 Å². The number of aromatic nitrogens is 2. The lowest BCUT2D eigenvalue weighted by Crippen LogP contribution is -2.12. The van der Waals surface area contributed by atoms with Crippen LogP contribution in [0.4, 0.5) is 5.88 Å². The first-order chi connectivity index (χ1) is 9.06. The molecule has 1 amide bonds. The summed E-state index contributed by atoms with van der Waals surface area (Å²) in [6.07, 6.45) is 1.40. The van der Waals surface area contributed by atoms with Gasteiger partial charge in [-0.15, -0.1) is 0 Å². The Hall–Kier alpha value is -2.11. The van der Waals surface area contributed by atoms with Gasteiger partial charge in [0.2, 0.25) is 11.6 Å². The smallest absolute Gasteiger partial charge is 0.295 e. The van der Waals surface area contributed by atoms with Gasteiger partial charge in [0.05, 0.1) is 11.4 Å². The van der Waals surface area contributed by atoms with Crippen molar-refractivity contribution in [3.05, 3.63) is 28.6 Å². The van der Waals surface area contributed by atoms with Crippen molar-refractivity contribution < 1.29 is 13.7 Å². The molecular weight excluding hydrogens is 246 g/mol. The van der Waals surface area contributed by atoms with Crippen LogP contribution in [0, 0.1) is 13.8 Å². The molecule has 2 aromatic heterocycles. The Morgan fingerprint density at radius 1 is 1.26 bits per heavy atom. The molecule has 0 bridgehead atoms. The van der Waals surface area contributed by atoms with E-state index in [1.165, 1.54) is 0 Å². The summed E-state index contributed by atoms with van der Waals surface area (Å²) >= 11 is 0. The van der Waals surface area contributed by atoms with Gasteiger partial charge in [-0.05, 0) is 20.3 Å². The third-order valence-electron chi connectivity index (χ3n) is 2.93. The van der Waals surface area contributed by atoms with Crippen LogP contribution in [0.2, 0.25) is 0 Å². The fraction of sp³-hybridized carbons (Fsp3) is 0.462. The van der Waals surface area contributed by atoms with Gasteiger partial charge in [-0.1, -0.05) is 19.0 Å². The lowest BCUT2D eigenvalue weighted by atomic mass is 10.2. The number of nitrogens with zero attached hydrogens (tertiary/aromatic N) is 2. The summed E-state index contributed by atoms with van der Waals surface area (Å²) in [6.45, 7) is 7.49. The topological polar surface area (TPSA) is 81.2 Å². The lowest BCUT2D eigenvalue weighted by molar-refractivity contribution is 0.0991. The van der Waals surface area contributed by atoms with E-state index < -0.39 is 0 Å². The van der Waals surface area contributed by atoms with Crippen molar-refractivity contribution >= 4 is 11.8 Å². The Morgan fingerprint density at radius 3 is 2.53 bits per heavy atom. The van der Waals surface area contributed by atoms with Crippen molar-refractivity contribution in [1.29, 1.82) is 0 Å². The molecule has 6 heteroatoms. The lowest BCUT2D eigenvalue weighted by Gasteiger charge is -1.99. The molecule has 0 unspecified atom stereocenters. The predicted octanol–water partition coefficient (Wildman–Crippen LogP) is 2.66. The molecular formula is C13H17N3O3. The maximum Gasteiger partial charge on any atom is 0.295 e. The second-order valence-corrected chi connectivity index (χ2v) is 4.27. The molecule has 0 saturated heterocycles. The minimum absolute atomic E-state index is 0.214. The van der Waals surface area contributed by atoms with Crippen LogP contribution in [0.25, 0.3) is 0 Å². The third-order valence-corrected chi connectivity index (χ3v) is 2.93. The van der Waals surface area contributed by atoms with E-state index in [4.69, 9.17) is 8.94 Å². The quantitative estimate of drug-likeness (QED) is 0.917. The third kappa shape index (κ3) is 2.52. The van der Waals surface area contributed by atoms with Gasteiger partial charge in [-0.2, -0.15) is 0 Å². The summed E-state index contributed by atoms with van der Waals surface area (Å²) in [6, 6.07) is 0. The molecule has 0 aliphatic carbocycles. The highest BCUT2D eigenvalue weighted by Gasteiger charge is 2.20. The molecule has 1 N–H and O–H groups in total. The van der Waals surface area contributed by atoms with E-state index in [1.807, 2.05) is 20.8 Å². The molecule has 0 aliphatic rings. The molecule has 2 heterocycles. The summed E-state index contributed by atoms with van der Waals surface area (Å²) < 4.78 is 10.5. The fourth-order valence-corrected chi connectivity index (χ4v) is 1.79. The first kappa shape index (κ1) is 13.3. The molecule has 0 aliphatic heterocycles. The number of aryl methyl sites for hydroxylation is 3. The number of carbonyl (C=O) groups excluding carboxylic acids is 1. The van der Waals surface area contributed by atoms with Crippen molar-refractivity contribution in [3.8, 4) is 0 Å². The monoisotopic (exact) mass is 263 g/mol. The zero-order valence-corrected chi connectivity index (χ0v) is 11.5. The summed E-state index contributed by atoms with van der Waals surface area (Å²) in [5.41, 5.74) is 2.24. The maximum atomic E-state index is 12.1. The zero-order chi connectivity index (χ0) is 14.0. The molecule has 102 valence electrons. The van der Waals surface area contributed by atoms with Crippen LogP contribution in [-0.2, 0) is 12.8 Å². The SMILES string of the molecule is CCc1nc(C)c(C(=O)Nc2onc(CC)c2C)o1. The van der Waals surface area contributed by atoms with Gasteiger partial charge in [0.15, 0.2) is 5.89 Å². The van der Waals surface area contributed by atoms with Crippen molar-refractivity contribution in [2.45, 2.75) is 40.5 Å². The number of hydrogen-bond donors (Lipinski definition) is 1. The highest BCUT2D eigenvalue weighted by atomic mass is 16.5. The number of rotatable bonds is 4. The van der Waals surface area contributed by atoms with Crippen LogP contribution in [0.5, 0.6) is 0 Å². The van der Waals surface area contributed by atoms with E-state index in [1.54, 1.807) is 6.92 Å². The summed E-state index contributed by atoms with van der Waals surface area (Å²) in [5.74, 6) is 0.749. The molecule has 0 spiro atoms. The summed E-state index contributed by atoms with van der Waals surface area (Å²) in [4.78, 5) is 16.2. The van der Waals surface area contributed by atoms with Crippen LogP contribution >= 0.6 is 0 Å². The molecule has 0 fully saturated rings. The molecule has 2 aromatic rings. The number of carbonyl (C=O) groups is 1. The summed E-state index contributed by atoms with van der Waals surface area (Å²) in [5, 5.41) is 6.55. The van der Waals surface area contributed by atoms with E-state index in [-0.39, 0.29) is 11.7 Å². The van der Waals surface area contributed by atoms with Crippen LogP contribution in [0.1, 0.15) is 47.2 Å². The van der Waals surface area contributed by atoms with Crippen LogP contribution in [0.3, 0.4) is 0 Å². The molecule has 0 aromatic carbocycles. The Morgan fingerprint density at radius 2 is 2.00 bits per heavy atom. The average molecular weight is 263 g/mol. The minimum atomic E-state index is -0.369. The van der Waals surface area contributed by atoms with Gasteiger partial charge in [0.1, 0.15) is 0 Å². The Kier molecular flexibility index (Phi) is 3.69. The highest BCUT2D eigenvalue weighted by molar-refractivity contribution is 6.02. The number of amides is 1. The molecule has 2 rings (SSSR count). The normalized spacial score (nSPS) is 10.7. The van der Waals surface area contributed by atoms with Crippen molar-refractivity contribution in [2.75, 3.05) is 5.32 Å². The molecule has 0 saturated carbocycles. The average Bonchev–Trinajstić information content (AvgIpc) is 2.94. The van der Waals surface area contributed by atoms with Gasteiger partial charge in [-0.3, -0.25) is 10.1 Å². The standard InChI is InChI=1S/C13H17N3O3/c1-5-9-7(3)13(19-16-9)15-12(17)11-8(4)14-10(6-2)18-11/h5-6H2,1-4H3,(H,15,17). The van der Waals surface area contributed by atoms with Gasteiger partial charge in [-0.25, -0.2) is 4.98 Å². The molecule has 0 atom stereocenters.